The van der Waals surface area contributed by atoms with E-state index in [4.69, 9.17) is 0 Å². The van der Waals surface area contributed by atoms with E-state index in [-0.39, 0.29) is 12.1 Å². The van der Waals surface area contributed by atoms with Crippen molar-refractivity contribution in [2.75, 3.05) is 23.3 Å². The number of nitrogens with one attached hydrogen (secondary N) is 2. The van der Waals surface area contributed by atoms with Gasteiger partial charge in [-0.15, -0.1) is 17.9 Å². The van der Waals surface area contributed by atoms with Gasteiger partial charge in [0.15, 0.2) is 0 Å². The van der Waals surface area contributed by atoms with Gasteiger partial charge in [-0.25, -0.2) is 17.5 Å². The van der Waals surface area contributed by atoms with Gasteiger partial charge in [0, 0.05) is 41.4 Å². The highest BCUT2D eigenvalue weighted by Crippen LogP contribution is 2.28. The van der Waals surface area contributed by atoms with Crippen LogP contribution in [0.4, 0.5) is 15.8 Å². The largest absolute Gasteiger partial charge is 0.367 e. The van der Waals surface area contributed by atoms with Crippen LogP contribution in [0.5, 0.6) is 0 Å². The maximum atomic E-state index is 14.1. The highest BCUT2D eigenvalue weighted by Gasteiger charge is 2.21. The zero-order chi connectivity index (χ0) is 22.7. The van der Waals surface area contributed by atoms with Crippen molar-refractivity contribution < 1.29 is 17.6 Å². The number of benzene rings is 2. The molecule has 166 valence electrons. The quantitative estimate of drug-likeness (QED) is 0.507. The smallest absolute Gasteiger partial charge is 0.255 e. The Labute approximate surface area is 190 Å². The molecule has 0 unspecified atom stereocenters. The number of hydrogen-bond donors (Lipinski definition) is 2. The van der Waals surface area contributed by atoms with Gasteiger partial charge in [-0.3, -0.25) is 4.79 Å². The van der Waals surface area contributed by atoms with Crippen molar-refractivity contribution in [3.63, 3.8) is 0 Å². The van der Waals surface area contributed by atoms with E-state index >= 15 is 0 Å². The third-order valence-electron chi connectivity index (χ3n) is 5.20. The zero-order valence-electron chi connectivity index (χ0n) is 17.2. The number of fused-ring (bicyclic) bond motifs is 1. The third-order valence-corrected chi connectivity index (χ3v) is 7.66. The Kier molecular flexibility index (Phi) is 6.40. The Morgan fingerprint density at radius 3 is 2.72 bits per heavy atom. The molecule has 1 aliphatic rings. The molecule has 0 fully saturated rings. The van der Waals surface area contributed by atoms with Crippen LogP contribution in [0.15, 0.2) is 71.5 Å². The summed E-state index contributed by atoms with van der Waals surface area (Å²) in [6.45, 7) is 5.18. The van der Waals surface area contributed by atoms with Gasteiger partial charge in [0.2, 0.25) is 10.0 Å². The van der Waals surface area contributed by atoms with Crippen LogP contribution in [0.3, 0.4) is 0 Å². The summed E-state index contributed by atoms with van der Waals surface area (Å²) < 4.78 is 40.8. The van der Waals surface area contributed by atoms with E-state index in [0.29, 0.717) is 5.69 Å². The van der Waals surface area contributed by atoms with Gasteiger partial charge in [0.25, 0.3) is 5.91 Å². The second-order valence-corrected chi connectivity index (χ2v) is 10.1. The second-order valence-electron chi connectivity index (χ2n) is 7.33. The first-order valence-electron chi connectivity index (χ1n) is 9.99. The molecule has 0 saturated carbocycles. The van der Waals surface area contributed by atoms with Crippen molar-refractivity contribution >= 4 is 38.6 Å². The standard InChI is InChI=1S/C23H22FN3O3S2/c1-2-11-25-32(29,30)22-14-16(3-8-20(22)24)23(28)26-18-4-6-19(7-5-18)27-12-9-21-17(15-27)10-13-31-21/h2-8,10,13-14,25H,1,9,11-12,15H2,(H,26,28). The predicted octanol–water partition coefficient (Wildman–Crippen LogP) is 4.17. The maximum Gasteiger partial charge on any atom is 0.255 e. The summed E-state index contributed by atoms with van der Waals surface area (Å²) in [5.41, 5.74) is 3.01. The number of hydrogen-bond acceptors (Lipinski definition) is 5. The highest BCUT2D eigenvalue weighted by atomic mass is 32.2. The topological polar surface area (TPSA) is 78.5 Å². The summed E-state index contributed by atoms with van der Waals surface area (Å²) in [5.74, 6) is -1.46. The van der Waals surface area contributed by atoms with Gasteiger partial charge < -0.3 is 10.2 Å². The summed E-state index contributed by atoms with van der Waals surface area (Å²) in [5, 5.41) is 4.85. The number of carbonyl (C=O) groups is 1. The number of sulfonamides is 1. The summed E-state index contributed by atoms with van der Waals surface area (Å²) in [4.78, 5) is 15.8. The van der Waals surface area contributed by atoms with E-state index in [0.717, 1.165) is 37.3 Å². The molecule has 32 heavy (non-hydrogen) atoms. The Bertz CT molecular complexity index is 1250. The minimum atomic E-state index is -4.10. The van der Waals surface area contributed by atoms with Gasteiger partial charge in [0.05, 0.1) is 0 Å². The second kappa shape index (κ2) is 9.23. The van der Waals surface area contributed by atoms with E-state index in [2.05, 4.69) is 33.0 Å². The minimum absolute atomic E-state index is 0.0375. The molecule has 1 amide bonds. The van der Waals surface area contributed by atoms with Crippen LogP contribution < -0.4 is 14.9 Å². The van der Waals surface area contributed by atoms with Gasteiger partial charge in [0.1, 0.15) is 10.7 Å². The normalized spacial score (nSPS) is 13.5. The summed E-state index contributed by atoms with van der Waals surface area (Å²) >= 11 is 1.79. The van der Waals surface area contributed by atoms with E-state index in [1.54, 1.807) is 23.5 Å². The van der Waals surface area contributed by atoms with Crippen LogP contribution in [-0.4, -0.2) is 27.4 Å². The fourth-order valence-electron chi connectivity index (χ4n) is 3.52. The Hall–Kier alpha value is -3.01. The molecule has 2 aromatic carbocycles. The molecule has 0 aliphatic carbocycles. The van der Waals surface area contributed by atoms with Crippen molar-refractivity contribution in [3.05, 3.63) is 88.4 Å². The molecule has 3 aromatic rings. The molecule has 0 bridgehead atoms. The maximum absolute atomic E-state index is 14.1. The molecule has 9 heteroatoms. The Morgan fingerprint density at radius 2 is 1.97 bits per heavy atom. The summed E-state index contributed by atoms with van der Waals surface area (Å²) in [7, 11) is -4.10. The van der Waals surface area contributed by atoms with E-state index in [1.807, 2.05) is 12.1 Å². The molecule has 1 aromatic heterocycles. The third kappa shape index (κ3) is 4.74. The molecule has 0 spiro atoms. The number of amides is 1. The van der Waals surface area contributed by atoms with Crippen molar-refractivity contribution in [3.8, 4) is 0 Å². The number of halogens is 1. The molecule has 0 saturated heterocycles. The Morgan fingerprint density at radius 1 is 1.19 bits per heavy atom. The van der Waals surface area contributed by atoms with E-state index in [9.17, 15) is 17.6 Å². The van der Waals surface area contributed by atoms with Crippen LogP contribution in [0.1, 0.15) is 20.8 Å². The van der Waals surface area contributed by atoms with Crippen LogP contribution in [-0.2, 0) is 23.0 Å². The first kappa shape index (κ1) is 22.2. The van der Waals surface area contributed by atoms with E-state index in [1.165, 1.54) is 22.6 Å². The highest BCUT2D eigenvalue weighted by molar-refractivity contribution is 7.89. The molecule has 1 aliphatic heterocycles. The SMILES string of the molecule is C=CCNS(=O)(=O)c1cc(C(=O)Nc2ccc(N3CCc4sccc4C3)cc2)ccc1F. The van der Waals surface area contributed by atoms with Gasteiger partial charge in [-0.1, -0.05) is 6.08 Å². The van der Waals surface area contributed by atoms with Crippen LogP contribution in [0, 0.1) is 5.82 Å². The molecule has 2 heterocycles. The average Bonchev–Trinajstić information content (AvgIpc) is 3.26. The minimum Gasteiger partial charge on any atom is -0.367 e. The molecule has 6 nitrogen and oxygen atoms in total. The number of rotatable bonds is 7. The fraction of sp³-hybridized carbons (Fsp3) is 0.174. The molecular weight excluding hydrogens is 449 g/mol. The van der Waals surface area contributed by atoms with Crippen LogP contribution in [0.25, 0.3) is 0 Å². The zero-order valence-corrected chi connectivity index (χ0v) is 18.8. The molecule has 0 atom stereocenters. The number of anilines is 2. The predicted molar refractivity (Wildman–Crippen MR) is 125 cm³/mol. The van der Waals surface area contributed by atoms with Crippen LogP contribution >= 0.6 is 11.3 Å². The molecule has 0 radical (unpaired) electrons. The number of nitrogens with zero attached hydrogens (tertiary/aromatic N) is 1. The van der Waals surface area contributed by atoms with Gasteiger partial charge in [-0.2, -0.15) is 0 Å². The van der Waals surface area contributed by atoms with Gasteiger partial charge >= 0.3 is 0 Å². The summed E-state index contributed by atoms with van der Waals surface area (Å²) in [6.07, 6.45) is 2.36. The lowest BCUT2D eigenvalue weighted by molar-refractivity contribution is 0.102. The lowest BCUT2D eigenvalue weighted by Crippen LogP contribution is -2.29. The van der Waals surface area contributed by atoms with Crippen molar-refractivity contribution in [2.24, 2.45) is 0 Å². The molecule has 4 rings (SSSR count). The summed E-state index contributed by atoms with van der Waals surface area (Å²) in [6, 6.07) is 12.9. The van der Waals surface area contributed by atoms with Gasteiger partial charge in [-0.05, 0) is 65.9 Å². The van der Waals surface area contributed by atoms with Crippen LogP contribution in [0.2, 0.25) is 0 Å². The lowest BCUT2D eigenvalue weighted by Gasteiger charge is -2.29. The van der Waals surface area contributed by atoms with Crippen molar-refractivity contribution in [2.45, 2.75) is 17.9 Å². The first-order valence-corrected chi connectivity index (χ1v) is 12.4. The number of carbonyl (C=O) groups excluding carboxylic acids is 1. The lowest BCUT2D eigenvalue weighted by atomic mass is 10.1. The van der Waals surface area contributed by atoms with Crippen molar-refractivity contribution in [1.82, 2.24) is 4.72 Å². The molecule has 2 N–H and O–H groups in total. The Balaban J connectivity index is 1.46. The number of thiophene rings is 1. The van der Waals surface area contributed by atoms with E-state index < -0.39 is 26.6 Å². The first-order chi connectivity index (χ1) is 15.4. The van der Waals surface area contributed by atoms with Crippen molar-refractivity contribution in [1.29, 1.82) is 0 Å². The average molecular weight is 472 g/mol. The fourth-order valence-corrected chi connectivity index (χ4v) is 5.51. The monoisotopic (exact) mass is 471 g/mol. The molecular formula is C23H22FN3O3S2.